The molecule has 0 bridgehead atoms. The van der Waals surface area contributed by atoms with Crippen LogP contribution in [0.25, 0.3) is 6.08 Å². The summed E-state index contributed by atoms with van der Waals surface area (Å²) in [6.07, 6.45) is 0.896. The normalized spacial score (nSPS) is 15.4. The largest absolute Gasteiger partial charge is 0.456 e. The molecule has 16 heavy (non-hydrogen) atoms. The molecule has 0 saturated carbocycles. The van der Waals surface area contributed by atoms with E-state index in [1.165, 1.54) is 6.08 Å². The van der Waals surface area contributed by atoms with Gasteiger partial charge in [0.1, 0.15) is 23.5 Å². The summed E-state index contributed by atoms with van der Waals surface area (Å²) in [6, 6.07) is 6.88. The van der Waals surface area contributed by atoms with Crippen molar-refractivity contribution >= 4 is 6.08 Å². The fourth-order valence-electron chi connectivity index (χ4n) is 1.33. The van der Waals surface area contributed by atoms with Gasteiger partial charge in [-0.05, 0) is 12.1 Å². The highest BCUT2D eigenvalue weighted by molar-refractivity contribution is 5.58. The van der Waals surface area contributed by atoms with Crippen molar-refractivity contribution in [3.05, 3.63) is 29.2 Å². The van der Waals surface area contributed by atoms with Crippen molar-refractivity contribution in [1.82, 2.24) is 0 Å². The molecule has 5 heteroatoms. The molecule has 1 aromatic rings. The van der Waals surface area contributed by atoms with Crippen LogP contribution in [0.4, 0.5) is 0 Å². The number of rotatable bonds is 2. The van der Waals surface area contributed by atoms with Crippen LogP contribution in [0, 0.1) is 22.7 Å². The highest BCUT2D eigenvalue weighted by Crippen LogP contribution is 2.25. The van der Waals surface area contributed by atoms with Crippen molar-refractivity contribution in [3.63, 3.8) is 0 Å². The van der Waals surface area contributed by atoms with Gasteiger partial charge in [-0.3, -0.25) is 0 Å². The van der Waals surface area contributed by atoms with E-state index < -0.39 is 6.29 Å². The zero-order valence-electron chi connectivity index (χ0n) is 8.34. The lowest BCUT2D eigenvalue weighted by atomic mass is 10.3. The second kappa shape index (κ2) is 4.63. The zero-order valence-corrected chi connectivity index (χ0v) is 8.34. The quantitative estimate of drug-likeness (QED) is 0.703. The molecule has 0 radical (unpaired) electrons. The Balaban J connectivity index is 2.17. The number of allylic oxidation sites excluding steroid dienone is 1. The van der Waals surface area contributed by atoms with Crippen molar-refractivity contribution < 1.29 is 13.9 Å². The van der Waals surface area contributed by atoms with Gasteiger partial charge in [-0.1, -0.05) is 0 Å². The van der Waals surface area contributed by atoms with E-state index in [2.05, 4.69) is 0 Å². The van der Waals surface area contributed by atoms with Crippen molar-refractivity contribution in [2.75, 3.05) is 13.2 Å². The SMILES string of the molecule is N#CC(C#N)=Cc1ccc(C2OCCO2)o1. The summed E-state index contributed by atoms with van der Waals surface area (Å²) in [4.78, 5) is 0. The molecular formula is C11H8N2O3. The first-order chi connectivity index (χ1) is 7.83. The Morgan fingerprint density at radius 1 is 1.25 bits per heavy atom. The summed E-state index contributed by atoms with van der Waals surface area (Å²) >= 11 is 0. The first-order valence-electron chi connectivity index (χ1n) is 4.68. The molecule has 1 aliphatic rings. The van der Waals surface area contributed by atoms with Gasteiger partial charge in [0.2, 0.25) is 6.29 Å². The van der Waals surface area contributed by atoms with Crippen LogP contribution in [0.2, 0.25) is 0 Å². The molecule has 0 atom stereocenters. The van der Waals surface area contributed by atoms with E-state index in [1.807, 2.05) is 0 Å². The highest BCUT2D eigenvalue weighted by atomic mass is 16.7. The second-order valence-electron chi connectivity index (χ2n) is 3.10. The summed E-state index contributed by atoms with van der Waals surface area (Å²) in [5.41, 5.74) is -0.00541. The molecule has 0 N–H and O–H groups in total. The van der Waals surface area contributed by atoms with E-state index in [1.54, 1.807) is 24.3 Å². The topological polar surface area (TPSA) is 79.2 Å². The van der Waals surface area contributed by atoms with Gasteiger partial charge in [0.05, 0.1) is 13.2 Å². The molecule has 0 aliphatic carbocycles. The van der Waals surface area contributed by atoms with Crippen molar-refractivity contribution in [3.8, 4) is 12.1 Å². The van der Waals surface area contributed by atoms with E-state index in [9.17, 15) is 0 Å². The fourth-order valence-corrected chi connectivity index (χ4v) is 1.33. The Morgan fingerprint density at radius 2 is 1.94 bits per heavy atom. The van der Waals surface area contributed by atoms with Gasteiger partial charge in [0.15, 0.2) is 5.76 Å². The van der Waals surface area contributed by atoms with Crippen LogP contribution in [0.5, 0.6) is 0 Å². The van der Waals surface area contributed by atoms with Crippen LogP contribution in [-0.2, 0) is 9.47 Å². The molecule has 1 aromatic heterocycles. The maximum atomic E-state index is 8.57. The van der Waals surface area contributed by atoms with Crippen LogP contribution in [0.15, 0.2) is 22.1 Å². The van der Waals surface area contributed by atoms with Crippen molar-refractivity contribution in [1.29, 1.82) is 10.5 Å². The van der Waals surface area contributed by atoms with Gasteiger partial charge in [-0.15, -0.1) is 0 Å². The van der Waals surface area contributed by atoms with E-state index in [-0.39, 0.29) is 5.57 Å². The van der Waals surface area contributed by atoms with Crippen LogP contribution in [0.3, 0.4) is 0 Å². The molecule has 5 nitrogen and oxygen atoms in total. The van der Waals surface area contributed by atoms with Gasteiger partial charge in [-0.2, -0.15) is 10.5 Å². The van der Waals surface area contributed by atoms with Gasteiger partial charge >= 0.3 is 0 Å². The zero-order chi connectivity index (χ0) is 11.4. The standard InChI is InChI=1S/C11H8N2O3/c12-6-8(7-13)5-9-1-2-10(16-9)11-14-3-4-15-11/h1-2,5,11H,3-4H2. The Labute approximate surface area is 92.1 Å². The lowest BCUT2D eigenvalue weighted by Crippen LogP contribution is -1.94. The summed E-state index contributed by atoms with van der Waals surface area (Å²) in [5.74, 6) is 0.978. The number of furan rings is 1. The predicted octanol–water partition coefficient (Wildman–Crippen LogP) is 1.76. The Kier molecular flexibility index (Phi) is 3.02. The molecule has 0 spiro atoms. The number of hydrogen-bond donors (Lipinski definition) is 0. The lowest BCUT2D eigenvalue weighted by Gasteiger charge is -2.03. The van der Waals surface area contributed by atoms with Crippen LogP contribution in [0.1, 0.15) is 17.8 Å². The third-order valence-electron chi connectivity index (χ3n) is 2.03. The van der Waals surface area contributed by atoms with Crippen LogP contribution >= 0.6 is 0 Å². The number of ether oxygens (including phenoxy) is 2. The third kappa shape index (κ3) is 2.12. The molecule has 2 rings (SSSR count). The fraction of sp³-hybridized carbons (Fsp3) is 0.273. The molecule has 0 amide bonds. The molecule has 1 fully saturated rings. The average molecular weight is 216 g/mol. The smallest absolute Gasteiger partial charge is 0.217 e. The monoisotopic (exact) mass is 216 g/mol. The molecule has 2 heterocycles. The molecule has 0 unspecified atom stereocenters. The predicted molar refractivity (Wildman–Crippen MR) is 52.6 cm³/mol. The average Bonchev–Trinajstić information content (AvgIpc) is 2.96. The summed E-state index contributed by atoms with van der Waals surface area (Å²) in [6.45, 7) is 1.08. The molecule has 0 aromatic carbocycles. The van der Waals surface area contributed by atoms with Crippen LogP contribution in [-0.4, -0.2) is 13.2 Å². The summed E-state index contributed by atoms with van der Waals surface area (Å²) in [5, 5.41) is 17.1. The lowest BCUT2D eigenvalue weighted by molar-refractivity contribution is -0.0589. The first-order valence-corrected chi connectivity index (χ1v) is 4.68. The maximum absolute atomic E-state index is 8.57. The van der Waals surface area contributed by atoms with Gasteiger partial charge < -0.3 is 13.9 Å². The minimum Gasteiger partial charge on any atom is -0.456 e. The maximum Gasteiger partial charge on any atom is 0.217 e. The van der Waals surface area contributed by atoms with E-state index >= 15 is 0 Å². The minimum atomic E-state index is -0.477. The molecular weight excluding hydrogens is 208 g/mol. The van der Waals surface area contributed by atoms with Gasteiger partial charge in [0, 0.05) is 6.08 Å². The van der Waals surface area contributed by atoms with Crippen molar-refractivity contribution in [2.24, 2.45) is 0 Å². The molecule has 1 aliphatic heterocycles. The molecule has 80 valence electrons. The van der Waals surface area contributed by atoms with Crippen molar-refractivity contribution in [2.45, 2.75) is 6.29 Å². The van der Waals surface area contributed by atoms with E-state index in [0.717, 1.165) is 0 Å². The third-order valence-corrected chi connectivity index (χ3v) is 2.03. The first kappa shape index (κ1) is 10.4. The van der Waals surface area contributed by atoms with Crippen LogP contribution < -0.4 is 0 Å². The van der Waals surface area contributed by atoms with Gasteiger partial charge in [-0.25, -0.2) is 0 Å². The van der Waals surface area contributed by atoms with E-state index in [4.69, 9.17) is 24.4 Å². The second-order valence-corrected chi connectivity index (χ2v) is 3.10. The summed E-state index contributed by atoms with van der Waals surface area (Å²) < 4.78 is 15.9. The Morgan fingerprint density at radius 3 is 2.56 bits per heavy atom. The van der Waals surface area contributed by atoms with Gasteiger partial charge in [0.25, 0.3) is 0 Å². The molecule has 1 saturated heterocycles. The minimum absolute atomic E-state index is 0.00541. The van der Waals surface area contributed by atoms with E-state index in [0.29, 0.717) is 24.7 Å². The Bertz CT molecular complexity index is 468. The number of hydrogen-bond acceptors (Lipinski definition) is 5. The number of nitriles is 2. The highest BCUT2D eigenvalue weighted by Gasteiger charge is 2.21. The Hall–Kier alpha value is -2.08. The summed E-state index contributed by atoms with van der Waals surface area (Å²) in [7, 11) is 0. The number of nitrogens with zero attached hydrogens (tertiary/aromatic N) is 2.